The molecule has 0 aliphatic carbocycles. The topological polar surface area (TPSA) is 34.3 Å². The zero-order valence-corrected chi connectivity index (χ0v) is 11.5. The van der Waals surface area contributed by atoms with Gasteiger partial charge in [0, 0.05) is 12.8 Å². The lowest BCUT2D eigenvalue weighted by molar-refractivity contribution is -0.271. The van der Waals surface area contributed by atoms with Gasteiger partial charge in [0.1, 0.15) is 12.2 Å². The van der Waals surface area contributed by atoms with Crippen LogP contribution < -0.4 is 0 Å². The number of epoxide rings is 2. The summed E-state index contributed by atoms with van der Waals surface area (Å²) in [5.41, 5.74) is 0. The van der Waals surface area contributed by atoms with Crippen molar-refractivity contribution in [1.29, 1.82) is 0 Å². The van der Waals surface area contributed by atoms with Gasteiger partial charge in [0.05, 0.1) is 25.4 Å². The third-order valence-electron chi connectivity index (χ3n) is 3.53. The van der Waals surface area contributed by atoms with Crippen LogP contribution >= 0.6 is 0 Å². The van der Waals surface area contributed by atoms with E-state index in [1.54, 1.807) is 0 Å². The van der Waals surface area contributed by atoms with Crippen molar-refractivity contribution in [2.75, 3.05) is 13.2 Å². The molecule has 4 unspecified atom stereocenters. The first-order valence-electron chi connectivity index (χ1n) is 6.75. The first-order chi connectivity index (χ1) is 10.5. The smallest absolute Gasteiger partial charge is 0.333 e. The summed E-state index contributed by atoms with van der Waals surface area (Å²) in [4.78, 5) is 0. The third kappa shape index (κ3) is 4.66. The summed E-state index contributed by atoms with van der Waals surface area (Å²) in [5.74, 6) is -9.54. The number of hydrogen-bond donors (Lipinski definition) is 0. The number of rotatable bonds is 10. The lowest BCUT2D eigenvalue weighted by Gasteiger charge is -2.33. The number of alkyl halides is 8. The van der Waals surface area contributed by atoms with Crippen LogP contribution in [-0.2, 0) is 14.2 Å². The van der Waals surface area contributed by atoms with Gasteiger partial charge in [0.25, 0.3) is 0 Å². The summed E-state index contributed by atoms with van der Waals surface area (Å²) in [7, 11) is 0. The Bertz CT molecular complexity index is 362. The highest BCUT2D eigenvalue weighted by molar-refractivity contribution is 4.92. The van der Waals surface area contributed by atoms with Crippen molar-refractivity contribution in [3.05, 3.63) is 0 Å². The minimum atomic E-state index is -4.77. The van der Waals surface area contributed by atoms with Crippen LogP contribution in [0.15, 0.2) is 0 Å². The molecule has 0 N–H and O–H groups in total. The van der Waals surface area contributed by atoms with Gasteiger partial charge in [0.2, 0.25) is 0 Å². The largest absolute Gasteiger partial charge is 0.373 e. The second-order valence-electron chi connectivity index (χ2n) is 5.45. The average molecular weight is 358 g/mol. The van der Waals surface area contributed by atoms with Gasteiger partial charge in [-0.3, -0.25) is 0 Å². The Kier molecular flexibility index (Phi) is 5.41. The van der Waals surface area contributed by atoms with Gasteiger partial charge in [-0.05, 0) is 0 Å². The highest BCUT2D eigenvalue weighted by atomic mass is 19.3. The highest BCUT2D eigenvalue weighted by Crippen LogP contribution is 2.40. The fourth-order valence-corrected chi connectivity index (χ4v) is 1.97. The molecule has 2 aliphatic heterocycles. The predicted octanol–water partition coefficient (Wildman–Crippen LogP) is 3.12. The summed E-state index contributed by atoms with van der Waals surface area (Å²) < 4.78 is 118. The van der Waals surface area contributed by atoms with Gasteiger partial charge in [0.15, 0.2) is 0 Å². The molecule has 0 aromatic carbocycles. The van der Waals surface area contributed by atoms with E-state index in [1.165, 1.54) is 0 Å². The Morgan fingerprint density at radius 2 is 1.09 bits per heavy atom. The molecular weight excluding hydrogens is 344 g/mol. The maximum atomic E-state index is 13.5. The summed E-state index contributed by atoms with van der Waals surface area (Å²) in [6, 6.07) is 0. The van der Waals surface area contributed by atoms with Crippen LogP contribution in [0.5, 0.6) is 0 Å². The first kappa shape index (κ1) is 18.7. The van der Waals surface area contributed by atoms with Gasteiger partial charge in [-0.25, -0.2) is 17.6 Å². The minimum Gasteiger partial charge on any atom is -0.373 e. The molecule has 0 amide bonds. The number of ether oxygens (including phenoxy) is 3. The summed E-state index contributed by atoms with van der Waals surface area (Å²) in [6.45, 7) is -0.0261. The second-order valence-corrected chi connectivity index (χ2v) is 5.45. The Morgan fingerprint density at radius 1 is 0.783 bits per heavy atom. The maximum Gasteiger partial charge on any atom is 0.333 e. The summed E-state index contributed by atoms with van der Waals surface area (Å²) in [5, 5.41) is 0. The van der Waals surface area contributed by atoms with Crippen molar-refractivity contribution in [2.45, 2.75) is 62.0 Å². The van der Waals surface area contributed by atoms with Crippen LogP contribution in [0.3, 0.4) is 0 Å². The standard InChI is InChI=1S/C12H14F8O3/c13-9(14)11(17,18)7(1-5-3-21-5)23-8(2-6-4-22-6)12(19,20)10(15)16/h5-10H,1-4H2. The van der Waals surface area contributed by atoms with Crippen LogP contribution in [0.25, 0.3) is 0 Å². The normalized spacial score (nSPS) is 27.4. The van der Waals surface area contributed by atoms with Gasteiger partial charge in [-0.2, -0.15) is 17.6 Å². The number of halogens is 8. The van der Waals surface area contributed by atoms with E-state index in [9.17, 15) is 35.1 Å². The monoisotopic (exact) mass is 358 g/mol. The molecule has 0 aromatic rings. The Labute approximate surface area is 125 Å². The second kappa shape index (κ2) is 6.67. The summed E-state index contributed by atoms with van der Waals surface area (Å²) in [6.07, 6.45) is -17.0. The Balaban J connectivity index is 2.14. The van der Waals surface area contributed by atoms with Gasteiger partial charge >= 0.3 is 24.7 Å². The SMILES string of the molecule is FC(F)C(F)(F)C(CC1CO1)OC(CC1CO1)C(F)(F)C(F)F. The zero-order valence-electron chi connectivity index (χ0n) is 11.5. The first-order valence-corrected chi connectivity index (χ1v) is 6.75. The molecule has 0 aromatic heterocycles. The van der Waals surface area contributed by atoms with E-state index in [4.69, 9.17) is 0 Å². The molecule has 0 saturated carbocycles. The fraction of sp³-hybridized carbons (Fsp3) is 1.00. The molecule has 23 heavy (non-hydrogen) atoms. The van der Waals surface area contributed by atoms with Crippen LogP contribution in [0.2, 0.25) is 0 Å². The van der Waals surface area contributed by atoms with E-state index in [0.29, 0.717) is 0 Å². The predicted molar refractivity (Wildman–Crippen MR) is 59.3 cm³/mol. The van der Waals surface area contributed by atoms with E-state index in [0.717, 1.165) is 0 Å². The van der Waals surface area contributed by atoms with E-state index in [1.807, 2.05) is 0 Å². The lowest BCUT2D eigenvalue weighted by Crippen LogP contribution is -2.51. The molecule has 0 bridgehead atoms. The quantitative estimate of drug-likeness (QED) is 0.445. The van der Waals surface area contributed by atoms with Crippen LogP contribution in [-0.4, -0.2) is 62.3 Å². The molecule has 0 spiro atoms. The summed E-state index contributed by atoms with van der Waals surface area (Å²) >= 11 is 0. The van der Waals surface area contributed by atoms with Gasteiger partial charge in [-0.15, -0.1) is 0 Å². The zero-order chi connectivity index (χ0) is 17.4. The lowest BCUT2D eigenvalue weighted by atomic mass is 10.0. The molecule has 2 fully saturated rings. The van der Waals surface area contributed by atoms with Crippen molar-refractivity contribution < 1.29 is 49.3 Å². The maximum absolute atomic E-state index is 13.5. The van der Waals surface area contributed by atoms with Crippen molar-refractivity contribution in [2.24, 2.45) is 0 Å². The van der Waals surface area contributed by atoms with Gasteiger partial charge < -0.3 is 14.2 Å². The molecule has 136 valence electrons. The molecule has 0 radical (unpaired) electrons. The van der Waals surface area contributed by atoms with E-state index in [2.05, 4.69) is 14.2 Å². The van der Waals surface area contributed by atoms with E-state index >= 15 is 0 Å². The third-order valence-corrected chi connectivity index (χ3v) is 3.53. The van der Waals surface area contributed by atoms with Gasteiger partial charge in [-0.1, -0.05) is 0 Å². The molecule has 4 atom stereocenters. The average Bonchev–Trinajstić information content (AvgIpc) is 3.31. The molecule has 3 nitrogen and oxygen atoms in total. The van der Waals surface area contributed by atoms with Crippen LogP contribution in [0, 0.1) is 0 Å². The molecule has 2 rings (SSSR count). The van der Waals surface area contributed by atoms with Crippen molar-refractivity contribution in [3.8, 4) is 0 Å². The molecule has 2 saturated heterocycles. The Hall–Kier alpha value is -0.680. The molecule has 2 aliphatic rings. The van der Waals surface area contributed by atoms with E-state index < -0.39 is 62.0 Å². The van der Waals surface area contributed by atoms with E-state index in [-0.39, 0.29) is 13.2 Å². The Morgan fingerprint density at radius 3 is 1.30 bits per heavy atom. The van der Waals surface area contributed by atoms with Crippen LogP contribution in [0.4, 0.5) is 35.1 Å². The van der Waals surface area contributed by atoms with Crippen molar-refractivity contribution >= 4 is 0 Å². The minimum absolute atomic E-state index is 0.0131. The number of hydrogen-bond acceptors (Lipinski definition) is 3. The fourth-order valence-electron chi connectivity index (χ4n) is 1.97. The highest BCUT2D eigenvalue weighted by Gasteiger charge is 2.57. The van der Waals surface area contributed by atoms with Crippen LogP contribution in [0.1, 0.15) is 12.8 Å². The van der Waals surface area contributed by atoms with Crippen molar-refractivity contribution in [3.63, 3.8) is 0 Å². The van der Waals surface area contributed by atoms with Crippen molar-refractivity contribution in [1.82, 2.24) is 0 Å². The molecule has 11 heteroatoms. The molecule has 2 heterocycles. The molecular formula is C12H14F8O3.